The second-order valence-corrected chi connectivity index (χ2v) is 3.43. The van der Waals surface area contributed by atoms with Crippen LogP contribution in [0.2, 0.25) is 0 Å². The third kappa shape index (κ3) is 2.77. The van der Waals surface area contributed by atoms with Crippen LogP contribution in [0.15, 0.2) is 48.5 Å². The molecule has 2 aromatic rings. The summed E-state index contributed by atoms with van der Waals surface area (Å²) in [5.74, 6) is 0.529. The number of rotatable bonds is 2. The zero-order valence-corrected chi connectivity index (χ0v) is 9.52. The molecule has 0 unspecified atom stereocenters. The Morgan fingerprint density at radius 1 is 0.688 bits per heavy atom. The molecule has 0 amide bonds. The molecular weight excluding hydrogens is 247 g/mol. The van der Waals surface area contributed by atoms with Gasteiger partial charge in [0.2, 0.25) is 0 Å². The average molecular weight is 259 g/mol. The van der Waals surface area contributed by atoms with E-state index in [1.807, 2.05) is 24.3 Å². The first-order valence-corrected chi connectivity index (χ1v) is 4.81. The minimum absolute atomic E-state index is 0. The van der Waals surface area contributed by atoms with Crippen molar-refractivity contribution in [3.63, 3.8) is 0 Å². The first kappa shape index (κ1) is 12.6. The van der Waals surface area contributed by atoms with Gasteiger partial charge in [0.05, 0.1) is 0 Å². The fourth-order valence-electron chi connectivity index (χ4n) is 1.53. The molecule has 0 aliphatic rings. The van der Waals surface area contributed by atoms with Crippen LogP contribution in [0.1, 0.15) is 11.1 Å². The first-order valence-electron chi connectivity index (χ1n) is 4.81. The Labute approximate surface area is 104 Å². The van der Waals surface area contributed by atoms with Gasteiger partial charge in [0.1, 0.15) is 11.5 Å². The number of hydrogen-bond acceptors (Lipinski definition) is 2. The van der Waals surface area contributed by atoms with Gasteiger partial charge in [-0.2, -0.15) is 0 Å². The van der Waals surface area contributed by atoms with Gasteiger partial charge in [-0.3, -0.25) is 0 Å². The Bertz CT molecular complexity index is 425. The van der Waals surface area contributed by atoms with Crippen molar-refractivity contribution >= 4 is 0 Å². The molecule has 0 aliphatic carbocycles. The number of benzene rings is 2. The van der Waals surface area contributed by atoms with Crippen LogP contribution in [0.25, 0.3) is 0 Å². The van der Waals surface area contributed by atoms with Crippen LogP contribution in [-0.4, -0.2) is 10.2 Å². The predicted octanol–water partition coefficient (Wildman–Crippen LogP) is 2.69. The molecule has 2 N–H and O–H groups in total. The van der Waals surface area contributed by atoms with Crippen LogP contribution in [0, 0.1) is 0 Å². The number of phenols is 2. The molecule has 0 saturated carbocycles. The molecule has 2 aromatic carbocycles. The Kier molecular flexibility index (Phi) is 4.39. The second-order valence-electron chi connectivity index (χ2n) is 3.43. The molecular formula is C13H12NiO2. The van der Waals surface area contributed by atoms with Gasteiger partial charge >= 0.3 is 0 Å². The fraction of sp³-hybridized carbons (Fsp3) is 0.0769. The summed E-state index contributed by atoms with van der Waals surface area (Å²) in [5.41, 5.74) is 1.64. The van der Waals surface area contributed by atoms with Gasteiger partial charge in [-0.25, -0.2) is 0 Å². The maximum Gasteiger partial charge on any atom is 0.119 e. The molecule has 0 radical (unpaired) electrons. The zero-order valence-electron chi connectivity index (χ0n) is 8.54. The largest absolute Gasteiger partial charge is 0.508 e. The van der Waals surface area contributed by atoms with Crippen molar-refractivity contribution in [2.75, 3.05) is 0 Å². The Morgan fingerprint density at radius 2 is 1.06 bits per heavy atom. The minimum Gasteiger partial charge on any atom is -0.508 e. The minimum atomic E-state index is 0. The molecule has 0 spiro atoms. The Morgan fingerprint density at radius 3 is 1.44 bits per heavy atom. The van der Waals surface area contributed by atoms with Crippen LogP contribution < -0.4 is 0 Å². The van der Waals surface area contributed by atoms with Crippen molar-refractivity contribution in [2.24, 2.45) is 0 Å². The van der Waals surface area contributed by atoms with Crippen molar-refractivity contribution in [1.82, 2.24) is 0 Å². The van der Waals surface area contributed by atoms with Crippen LogP contribution in [0.3, 0.4) is 0 Å². The molecule has 86 valence electrons. The number of para-hydroxylation sites is 2. The summed E-state index contributed by atoms with van der Waals surface area (Å²) in [7, 11) is 0. The quantitative estimate of drug-likeness (QED) is 0.814. The van der Waals surface area contributed by atoms with Crippen LogP contribution in [0.4, 0.5) is 0 Å². The third-order valence-corrected chi connectivity index (χ3v) is 2.36. The van der Waals surface area contributed by atoms with E-state index in [-0.39, 0.29) is 28.0 Å². The monoisotopic (exact) mass is 258 g/mol. The normalized spacial score (nSPS) is 9.50. The third-order valence-electron chi connectivity index (χ3n) is 2.36. The van der Waals surface area contributed by atoms with Crippen LogP contribution >= 0.6 is 0 Å². The second kappa shape index (κ2) is 5.57. The zero-order chi connectivity index (χ0) is 10.7. The summed E-state index contributed by atoms with van der Waals surface area (Å²) < 4.78 is 0. The molecule has 0 heterocycles. The Balaban J connectivity index is 0.00000128. The van der Waals surface area contributed by atoms with Crippen LogP contribution in [0.5, 0.6) is 11.5 Å². The van der Waals surface area contributed by atoms with Gasteiger partial charge in [-0.15, -0.1) is 0 Å². The topological polar surface area (TPSA) is 40.5 Å². The van der Waals surface area contributed by atoms with Gasteiger partial charge in [0, 0.05) is 22.9 Å². The summed E-state index contributed by atoms with van der Waals surface area (Å²) in [5, 5.41) is 19.2. The first-order chi connectivity index (χ1) is 7.27. The van der Waals surface area contributed by atoms with E-state index in [0.717, 1.165) is 11.1 Å². The number of hydrogen-bond donors (Lipinski definition) is 2. The summed E-state index contributed by atoms with van der Waals surface area (Å²) >= 11 is 0. The fourth-order valence-corrected chi connectivity index (χ4v) is 1.53. The molecule has 0 aliphatic heterocycles. The van der Waals surface area contributed by atoms with Crippen molar-refractivity contribution in [2.45, 2.75) is 6.42 Å². The van der Waals surface area contributed by atoms with E-state index in [4.69, 9.17) is 0 Å². The van der Waals surface area contributed by atoms with Crippen molar-refractivity contribution in [3.8, 4) is 11.5 Å². The molecule has 0 bridgehead atoms. The SMILES string of the molecule is Oc1ccccc1Cc1ccccc1O.[Ni]. The van der Waals surface area contributed by atoms with E-state index in [0.29, 0.717) is 6.42 Å². The van der Waals surface area contributed by atoms with E-state index in [1.54, 1.807) is 24.3 Å². The predicted molar refractivity (Wildman–Crippen MR) is 59.0 cm³/mol. The molecule has 3 heteroatoms. The molecule has 0 atom stereocenters. The number of phenolic OH excluding ortho intramolecular Hbond substituents is 2. The molecule has 16 heavy (non-hydrogen) atoms. The standard InChI is InChI=1S/C13H12O2.Ni/c14-12-7-3-1-5-10(12)9-11-6-2-4-8-13(11)15;/h1-8,14-15H,9H2;. The van der Waals surface area contributed by atoms with E-state index in [2.05, 4.69) is 0 Å². The van der Waals surface area contributed by atoms with E-state index in [1.165, 1.54) is 0 Å². The molecule has 0 saturated heterocycles. The average Bonchev–Trinajstić information content (AvgIpc) is 2.24. The smallest absolute Gasteiger partial charge is 0.119 e. The van der Waals surface area contributed by atoms with Gasteiger partial charge in [-0.1, -0.05) is 36.4 Å². The molecule has 2 rings (SSSR count). The summed E-state index contributed by atoms with van der Waals surface area (Å²) in [6.45, 7) is 0. The van der Waals surface area contributed by atoms with Crippen molar-refractivity contribution in [1.29, 1.82) is 0 Å². The molecule has 0 aromatic heterocycles. The summed E-state index contributed by atoms with van der Waals surface area (Å²) in [4.78, 5) is 0. The summed E-state index contributed by atoms with van der Waals surface area (Å²) in [6.07, 6.45) is 0.541. The molecule has 2 nitrogen and oxygen atoms in total. The van der Waals surface area contributed by atoms with Gasteiger partial charge < -0.3 is 10.2 Å². The maximum atomic E-state index is 9.58. The van der Waals surface area contributed by atoms with Crippen molar-refractivity contribution < 1.29 is 26.7 Å². The molecule has 0 fully saturated rings. The van der Waals surface area contributed by atoms with E-state index < -0.39 is 0 Å². The maximum absolute atomic E-state index is 9.58. The van der Waals surface area contributed by atoms with Gasteiger partial charge in [0.15, 0.2) is 0 Å². The van der Waals surface area contributed by atoms with E-state index in [9.17, 15) is 10.2 Å². The van der Waals surface area contributed by atoms with E-state index >= 15 is 0 Å². The van der Waals surface area contributed by atoms with Crippen LogP contribution in [-0.2, 0) is 22.9 Å². The number of aromatic hydroxyl groups is 2. The van der Waals surface area contributed by atoms with Crippen molar-refractivity contribution in [3.05, 3.63) is 59.7 Å². The Hall–Kier alpha value is -1.47. The van der Waals surface area contributed by atoms with Gasteiger partial charge in [0.25, 0.3) is 0 Å². The summed E-state index contributed by atoms with van der Waals surface area (Å²) in [6, 6.07) is 14.3. The van der Waals surface area contributed by atoms with Gasteiger partial charge in [-0.05, 0) is 23.3 Å².